The minimum absolute atomic E-state index is 0.0415. The lowest BCUT2D eigenvalue weighted by Crippen LogP contribution is -2.19. The van der Waals surface area contributed by atoms with Crippen molar-refractivity contribution in [3.8, 4) is 0 Å². The number of halogens is 2. The van der Waals surface area contributed by atoms with Crippen LogP contribution in [-0.2, 0) is 14.8 Å². The predicted molar refractivity (Wildman–Crippen MR) is 127 cm³/mol. The average molecular weight is 550 g/mol. The van der Waals surface area contributed by atoms with Gasteiger partial charge in [0, 0.05) is 5.56 Å². The first-order valence-electron chi connectivity index (χ1n) is 8.95. The number of amidine groups is 1. The largest absolute Gasteiger partial charge is 0.287 e. The molecule has 0 bridgehead atoms. The topological polar surface area (TPSA) is 75.9 Å². The third-order valence-corrected chi connectivity index (χ3v) is 7.73. The van der Waals surface area contributed by atoms with E-state index in [1.54, 1.807) is 50.2 Å². The summed E-state index contributed by atoms with van der Waals surface area (Å²) in [6.45, 7) is 5.38. The maximum absolute atomic E-state index is 13.0. The fraction of sp³-hybridized carbons (Fsp3) is 0.136. The van der Waals surface area contributed by atoms with Gasteiger partial charge >= 0.3 is 0 Å². The zero-order chi connectivity index (χ0) is 22.1. The van der Waals surface area contributed by atoms with Crippen LogP contribution < -0.4 is 0 Å². The third kappa shape index (κ3) is 4.61. The van der Waals surface area contributed by atoms with Gasteiger partial charge in [-0.05, 0) is 75.9 Å². The Morgan fingerprint density at radius 3 is 1.90 bits per heavy atom. The van der Waals surface area contributed by atoms with E-state index < -0.39 is 10.0 Å². The molecule has 0 aliphatic heterocycles. The van der Waals surface area contributed by atoms with Crippen molar-refractivity contribution in [3.63, 3.8) is 0 Å². The highest BCUT2D eigenvalue weighted by Gasteiger charge is 2.27. The zero-order valence-electron chi connectivity index (χ0n) is 16.5. The number of Topliss-reactive ketones (excluding diaryl/α,β-unsaturated/α-hetero) is 1. The van der Waals surface area contributed by atoms with E-state index in [9.17, 15) is 13.2 Å². The molecule has 0 N–H and O–H groups in total. The fourth-order valence-corrected chi connectivity index (χ4v) is 4.80. The van der Waals surface area contributed by atoms with Crippen LogP contribution in [0.5, 0.6) is 0 Å². The Balaban J connectivity index is 2.23. The quantitative estimate of drug-likeness (QED) is 0.288. The van der Waals surface area contributed by atoms with Crippen LogP contribution in [0, 0.1) is 6.92 Å². The first-order chi connectivity index (χ1) is 14.1. The van der Waals surface area contributed by atoms with Crippen molar-refractivity contribution >= 4 is 59.2 Å². The molecular weight excluding hydrogens is 532 g/mol. The van der Waals surface area contributed by atoms with Crippen molar-refractivity contribution in [3.05, 3.63) is 85.8 Å². The summed E-state index contributed by atoms with van der Waals surface area (Å²) in [5, 5.41) is 0. The lowest BCUT2D eigenvalue weighted by molar-refractivity contribution is -0.111. The summed E-state index contributed by atoms with van der Waals surface area (Å²) in [5.74, 6) is -0.144. The van der Waals surface area contributed by atoms with Gasteiger partial charge in [0.1, 0.15) is 0 Å². The molecular formula is C22H18Br2N2O3S. The monoisotopic (exact) mass is 548 g/mol. The van der Waals surface area contributed by atoms with Crippen LogP contribution in [0.25, 0.3) is 0 Å². The summed E-state index contributed by atoms with van der Waals surface area (Å²) in [7, 11) is -3.99. The Hall–Kier alpha value is -2.16. The molecule has 0 fully saturated rings. The lowest BCUT2D eigenvalue weighted by Gasteiger charge is -2.18. The summed E-state index contributed by atoms with van der Waals surface area (Å²) >= 11 is 6.61. The fourth-order valence-electron chi connectivity index (χ4n) is 2.80. The molecule has 5 nitrogen and oxygen atoms in total. The summed E-state index contributed by atoms with van der Waals surface area (Å²) in [6.07, 6.45) is 0. The molecule has 2 aromatic carbocycles. The van der Waals surface area contributed by atoms with Gasteiger partial charge in [0.2, 0.25) is 5.78 Å². The first kappa shape index (κ1) is 22.5. The highest BCUT2D eigenvalue weighted by molar-refractivity contribution is 9.13. The number of hydrogen-bond acceptors (Lipinski definition) is 3. The van der Waals surface area contributed by atoms with Crippen LogP contribution in [-0.4, -0.2) is 25.7 Å². The van der Waals surface area contributed by atoms with Gasteiger partial charge in [-0.15, -0.1) is 4.40 Å². The number of aliphatic imine (C=N–C) groups is 1. The maximum Gasteiger partial charge on any atom is 0.284 e. The SMILES string of the molecule is CC1=C(Br)C(=O)C(Br)=C(C)C1=N/C(=N/S(=O)(=O)c1ccc(C)cc1)c1ccccc1. The normalized spacial score (nSPS) is 15.7. The summed E-state index contributed by atoms with van der Waals surface area (Å²) in [4.78, 5) is 17.0. The molecule has 0 radical (unpaired) electrons. The van der Waals surface area contributed by atoms with Crippen LogP contribution >= 0.6 is 31.9 Å². The van der Waals surface area contributed by atoms with E-state index in [1.807, 2.05) is 13.0 Å². The van der Waals surface area contributed by atoms with E-state index in [2.05, 4.69) is 41.3 Å². The summed E-state index contributed by atoms with van der Waals surface area (Å²) in [6, 6.07) is 15.4. The Morgan fingerprint density at radius 1 is 0.833 bits per heavy atom. The van der Waals surface area contributed by atoms with Gasteiger partial charge < -0.3 is 0 Å². The molecule has 1 aliphatic carbocycles. The highest BCUT2D eigenvalue weighted by atomic mass is 79.9. The van der Waals surface area contributed by atoms with Crippen molar-refractivity contribution < 1.29 is 13.2 Å². The van der Waals surface area contributed by atoms with Gasteiger partial charge in [0.25, 0.3) is 10.0 Å². The van der Waals surface area contributed by atoms with Crippen molar-refractivity contribution in [2.75, 3.05) is 0 Å². The molecule has 0 atom stereocenters. The lowest BCUT2D eigenvalue weighted by atomic mass is 9.97. The van der Waals surface area contributed by atoms with Gasteiger partial charge in [0.05, 0.1) is 19.6 Å². The van der Waals surface area contributed by atoms with E-state index >= 15 is 0 Å². The van der Waals surface area contributed by atoms with Crippen molar-refractivity contribution in [1.29, 1.82) is 0 Å². The van der Waals surface area contributed by atoms with Gasteiger partial charge in [0.15, 0.2) is 5.84 Å². The highest BCUT2D eigenvalue weighted by Crippen LogP contribution is 2.32. The van der Waals surface area contributed by atoms with Crippen molar-refractivity contribution in [2.45, 2.75) is 25.7 Å². The zero-order valence-corrected chi connectivity index (χ0v) is 20.5. The molecule has 8 heteroatoms. The second-order valence-corrected chi connectivity index (χ2v) is 9.93. The van der Waals surface area contributed by atoms with Gasteiger partial charge in [-0.2, -0.15) is 8.42 Å². The number of nitrogens with zero attached hydrogens (tertiary/aromatic N) is 2. The Kier molecular flexibility index (Phi) is 6.69. The average Bonchev–Trinajstić information content (AvgIpc) is 2.74. The minimum Gasteiger partial charge on any atom is -0.287 e. The van der Waals surface area contributed by atoms with Gasteiger partial charge in [-0.3, -0.25) is 4.79 Å². The molecule has 0 heterocycles. The second-order valence-electron chi connectivity index (χ2n) is 6.74. The molecule has 0 aromatic heterocycles. The van der Waals surface area contributed by atoms with Crippen LogP contribution in [0.4, 0.5) is 0 Å². The molecule has 0 unspecified atom stereocenters. The van der Waals surface area contributed by atoms with Crippen LogP contribution in [0.1, 0.15) is 25.0 Å². The van der Waals surface area contributed by atoms with Gasteiger partial charge in [-0.25, -0.2) is 4.99 Å². The maximum atomic E-state index is 13.0. The van der Waals surface area contributed by atoms with Crippen LogP contribution in [0.3, 0.4) is 0 Å². The summed E-state index contributed by atoms with van der Waals surface area (Å²) < 4.78 is 30.7. The number of hydrogen-bond donors (Lipinski definition) is 0. The Bertz CT molecular complexity index is 1210. The number of benzene rings is 2. The van der Waals surface area contributed by atoms with E-state index in [0.717, 1.165) is 5.56 Å². The molecule has 0 amide bonds. The number of aryl methyl sites for hydroxylation is 1. The van der Waals surface area contributed by atoms with Crippen LogP contribution in [0.2, 0.25) is 0 Å². The number of rotatable bonds is 3. The van der Waals surface area contributed by atoms with E-state index in [1.165, 1.54) is 12.1 Å². The predicted octanol–water partition coefficient (Wildman–Crippen LogP) is 5.49. The second kappa shape index (κ2) is 8.91. The van der Waals surface area contributed by atoms with Crippen LogP contribution in [0.15, 0.2) is 89.0 Å². The van der Waals surface area contributed by atoms with Crippen molar-refractivity contribution in [1.82, 2.24) is 0 Å². The molecule has 2 aromatic rings. The number of ketones is 1. The molecule has 30 heavy (non-hydrogen) atoms. The Labute approximate surface area is 192 Å². The molecule has 3 rings (SSSR count). The number of carbonyl (C=O) groups excluding carboxylic acids is 1. The number of carbonyl (C=O) groups is 1. The number of sulfonamides is 1. The van der Waals surface area contributed by atoms with E-state index in [-0.39, 0.29) is 16.5 Å². The number of allylic oxidation sites excluding steroid dienone is 4. The minimum atomic E-state index is -3.99. The molecule has 154 valence electrons. The molecule has 0 saturated heterocycles. The van der Waals surface area contributed by atoms with Crippen molar-refractivity contribution in [2.24, 2.45) is 9.39 Å². The summed E-state index contributed by atoms with van der Waals surface area (Å²) in [5.41, 5.74) is 3.19. The van der Waals surface area contributed by atoms with E-state index in [4.69, 9.17) is 0 Å². The standard InChI is InChI=1S/C22H18Br2N2O3S/c1-13-9-11-17(12-10-13)30(28,29)26-22(16-7-5-4-6-8-16)25-20-14(2)18(23)21(27)19(24)15(20)3/h4-12H,1-3H3/b26-22+. The Morgan fingerprint density at radius 2 is 1.37 bits per heavy atom. The smallest absolute Gasteiger partial charge is 0.284 e. The van der Waals surface area contributed by atoms with Gasteiger partial charge in [-0.1, -0.05) is 48.0 Å². The third-order valence-electron chi connectivity index (χ3n) is 4.54. The molecule has 0 spiro atoms. The van der Waals surface area contributed by atoms with E-state index in [0.29, 0.717) is 31.4 Å². The first-order valence-corrected chi connectivity index (χ1v) is 12.0. The molecule has 1 aliphatic rings. The molecule has 0 saturated carbocycles.